The van der Waals surface area contributed by atoms with E-state index in [9.17, 15) is 5.11 Å². The number of nitrogens with zero attached hydrogens (tertiary/aromatic N) is 3. The summed E-state index contributed by atoms with van der Waals surface area (Å²) in [5, 5.41) is 9.51. The number of piperazine rings is 1. The summed E-state index contributed by atoms with van der Waals surface area (Å²) in [5.41, 5.74) is 1.28. The van der Waals surface area contributed by atoms with Crippen molar-refractivity contribution in [1.29, 1.82) is 0 Å². The van der Waals surface area contributed by atoms with E-state index in [0.29, 0.717) is 12.1 Å². The highest BCUT2D eigenvalue weighted by Gasteiger charge is 2.27. The third-order valence-corrected chi connectivity index (χ3v) is 4.01. The van der Waals surface area contributed by atoms with E-state index in [2.05, 4.69) is 34.7 Å². The normalized spacial score (nSPS) is 25.2. The molecule has 4 heteroatoms. The minimum atomic E-state index is -0.246. The fraction of sp³-hybridized carbons (Fsp3) is 0.667. The second kappa shape index (κ2) is 6.46. The summed E-state index contributed by atoms with van der Waals surface area (Å²) >= 11 is 0. The summed E-state index contributed by atoms with van der Waals surface area (Å²) in [6.45, 7) is 10.2. The Labute approximate surface area is 116 Å². The van der Waals surface area contributed by atoms with Crippen LogP contribution in [0.15, 0.2) is 24.5 Å². The van der Waals surface area contributed by atoms with Crippen LogP contribution in [0.5, 0.6) is 0 Å². The lowest BCUT2D eigenvalue weighted by Crippen LogP contribution is -2.53. The topological polar surface area (TPSA) is 39.6 Å². The van der Waals surface area contributed by atoms with E-state index in [1.54, 1.807) is 0 Å². The molecule has 1 aliphatic heterocycles. The van der Waals surface area contributed by atoms with E-state index in [0.717, 1.165) is 26.2 Å². The molecule has 0 aromatic carbocycles. The highest BCUT2D eigenvalue weighted by atomic mass is 16.3. The van der Waals surface area contributed by atoms with Gasteiger partial charge in [0.1, 0.15) is 0 Å². The molecule has 2 heterocycles. The minimum absolute atomic E-state index is 0.246. The number of hydrogen-bond acceptors (Lipinski definition) is 4. The molecule has 0 radical (unpaired) electrons. The van der Waals surface area contributed by atoms with Crippen molar-refractivity contribution in [3.63, 3.8) is 0 Å². The first kappa shape index (κ1) is 14.4. The Hall–Kier alpha value is -0.970. The van der Waals surface area contributed by atoms with Gasteiger partial charge >= 0.3 is 0 Å². The van der Waals surface area contributed by atoms with Gasteiger partial charge in [-0.05, 0) is 32.4 Å². The van der Waals surface area contributed by atoms with E-state index in [-0.39, 0.29) is 6.10 Å². The highest BCUT2D eigenvalue weighted by Crippen LogP contribution is 2.22. The van der Waals surface area contributed by atoms with Gasteiger partial charge in [-0.3, -0.25) is 14.8 Å². The van der Waals surface area contributed by atoms with Crippen LogP contribution in [0, 0.1) is 0 Å². The SMILES string of the molecule is C[C@H](O)CN1CCN([C@@H](C)c2cccnc2)C[C@@H]1C. The zero-order chi connectivity index (χ0) is 13.8. The lowest BCUT2D eigenvalue weighted by Gasteiger charge is -2.42. The molecule has 3 atom stereocenters. The summed E-state index contributed by atoms with van der Waals surface area (Å²) in [6.07, 6.45) is 3.53. The average molecular weight is 263 g/mol. The molecule has 0 amide bonds. The van der Waals surface area contributed by atoms with Crippen LogP contribution in [0.25, 0.3) is 0 Å². The fourth-order valence-electron chi connectivity index (χ4n) is 2.82. The molecule has 0 bridgehead atoms. The van der Waals surface area contributed by atoms with Crippen molar-refractivity contribution >= 4 is 0 Å². The lowest BCUT2D eigenvalue weighted by molar-refractivity contribution is 0.0303. The van der Waals surface area contributed by atoms with E-state index < -0.39 is 0 Å². The Balaban J connectivity index is 1.94. The fourth-order valence-corrected chi connectivity index (χ4v) is 2.82. The molecule has 0 aliphatic carbocycles. The Morgan fingerprint density at radius 1 is 1.42 bits per heavy atom. The summed E-state index contributed by atoms with van der Waals surface area (Å²) < 4.78 is 0. The van der Waals surface area contributed by atoms with E-state index in [1.165, 1.54) is 5.56 Å². The largest absolute Gasteiger partial charge is 0.392 e. The van der Waals surface area contributed by atoms with Gasteiger partial charge in [0.2, 0.25) is 0 Å². The number of rotatable bonds is 4. The predicted molar refractivity (Wildman–Crippen MR) is 76.9 cm³/mol. The maximum Gasteiger partial charge on any atom is 0.0639 e. The van der Waals surface area contributed by atoms with Crippen molar-refractivity contribution in [2.75, 3.05) is 26.2 Å². The molecule has 0 unspecified atom stereocenters. The van der Waals surface area contributed by atoms with E-state index >= 15 is 0 Å². The number of aliphatic hydroxyl groups excluding tert-OH is 1. The zero-order valence-corrected chi connectivity index (χ0v) is 12.2. The van der Waals surface area contributed by atoms with Gasteiger partial charge in [0.05, 0.1) is 6.10 Å². The smallest absolute Gasteiger partial charge is 0.0639 e. The van der Waals surface area contributed by atoms with Crippen LogP contribution in [0.3, 0.4) is 0 Å². The molecule has 0 saturated carbocycles. The first-order valence-corrected chi connectivity index (χ1v) is 7.14. The Kier molecular flexibility index (Phi) is 4.91. The molecule has 2 rings (SSSR count). The number of β-amino-alcohol motifs (C(OH)–C–C–N with tert-alkyl or cyclic N) is 1. The molecule has 0 spiro atoms. The molecule has 1 aromatic heterocycles. The summed E-state index contributed by atoms with van der Waals surface area (Å²) in [7, 11) is 0. The van der Waals surface area contributed by atoms with Crippen LogP contribution >= 0.6 is 0 Å². The molecule has 106 valence electrons. The molecular weight excluding hydrogens is 238 g/mol. The minimum Gasteiger partial charge on any atom is -0.392 e. The molecule has 1 aliphatic rings. The summed E-state index contributed by atoms with van der Waals surface area (Å²) in [4.78, 5) is 9.08. The molecule has 1 aromatic rings. The third-order valence-electron chi connectivity index (χ3n) is 4.01. The van der Waals surface area contributed by atoms with Crippen molar-refractivity contribution in [2.45, 2.75) is 39.0 Å². The molecule has 1 saturated heterocycles. The zero-order valence-electron chi connectivity index (χ0n) is 12.2. The van der Waals surface area contributed by atoms with Crippen LogP contribution in [-0.2, 0) is 0 Å². The van der Waals surface area contributed by atoms with Gasteiger partial charge in [0.25, 0.3) is 0 Å². The Morgan fingerprint density at radius 2 is 2.21 bits per heavy atom. The first-order valence-electron chi connectivity index (χ1n) is 7.14. The molecular formula is C15H25N3O. The van der Waals surface area contributed by atoms with Gasteiger partial charge in [-0.2, -0.15) is 0 Å². The number of hydrogen-bond donors (Lipinski definition) is 1. The molecule has 19 heavy (non-hydrogen) atoms. The number of aliphatic hydroxyl groups is 1. The van der Waals surface area contributed by atoms with Gasteiger partial charge in [-0.1, -0.05) is 6.07 Å². The van der Waals surface area contributed by atoms with Crippen molar-refractivity contribution in [2.24, 2.45) is 0 Å². The maximum absolute atomic E-state index is 9.51. The van der Waals surface area contributed by atoms with E-state index in [4.69, 9.17) is 0 Å². The van der Waals surface area contributed by atoms with Crippen LogP contribution in [0.4, 0.5) is 0 Å². The predicted octanol–water partition coefficient (Wildman–Crippen LogP) is 1.53. The van der Waals surface area contributed by atoms with E-state index in [1.807, 2.05) is 25.4 Å². The molecule has 1 N–H and O–H groups in total. The Bertz CT molecular complexity index is 382. The number of pyridine rings is 1. The van der Waals surface area contributed by atoms with Crippen molar-refractivity contribution in [1.82, 2.24) is 14.8 Å². The summed E-state index contributed by atoms with van der Waals surface area (Å²) in [6, 6.07) is 5.04. The monoisotopic (exact) mass is 263 g/mol. The quantitative estimate of drug-likeness (QED) is 0.894. The van der Waals surface area contributed by atoms with Crippen LogP contribution < -0.4 is 0 Å². The van der Waals surface area contributed by atoms with Crippen molar-refractivity contribution in [3.05, 3.63) is 30.1 Å². The number of aromatic nitrogens is 1. The van der Waals surface area contributed by atoms with Gasteiger partial charge in [-0.25, -0.2) is 0 Å². The lowest BCUT2D eigenvalue weighted by atomic mass is 10.1. The average Bonchev–Trinajstić information content (AvgIpc) is 2.41. The van der Waals surface area contributed by atoms with Gasteiger partial charge in [-0.15, -0.1) is 0 Å². The maximum atomic E-state index is 9.51. The second-order valence-corrected chi connectivity index (χ2v) is 5.65. The molecule has 4 nitrogen and oxygen atoms in total. The van der Waals surface area contributed by atoms with Gasteiger partial charge in [0, 0.05) is 50.7 Å². The van der Waals surface area contributed by atoms with Gasteiger partial charge < -0.3 is 5.11 Å². The third kappa shape index (κ3) is 3.75. The van der Waals surface area contributed by atoms with Crippen LogP contribution in [-0.4, -0.2) is 58.2 Å². The van der Waals surface area contributed by atoms with Crippen molar-refractivity contribution in [3.8, 4) is 0 Å². The van der Waals surface area contributed by atoms with Crippen molar-refractivity contribution < 1.29 is 5.11 Å². The second-order valence-electron chi connectivity index (χ2n) is 5.65. The standard InChI is InChI=1S/C15H25N3O/c1-12-10-18(8-7-17(12)11-13(2)19)14(3)15-5-4-6-16-9-15/h4-6,9,12-14,19H,7-8,10-11H2,1-3H3/t12-,13-,14-/m0/s1. The Morgan fingerprint density at radius 3 is 2.79 bits per heavy atom. The van der Waals surface area contributed by atoms with Crippen LogP contribution in [0.2, 0.25) is 0 Å². The highest BCUT2D eigenvalue weighted by molar-refractivity contribution is 5.13. The van der Waals surface area contributed by atoms with Crippen LogP contribution in [0.1, 0.15) is 32.4 Å². The first-order chi connectivity index (χ1) is 9.08. The summed E-state index contributed by atoms with van der Waals surface area (Å²) in [5.74, 6) is 0. The molecule has 1 fully saturated rings. The van der Waals surface area contributed by atoms with Gasteiger partial charge in [0.15, 0.2) is 0 Å².